The van der Waals surface area contributed by atoms with E-state index in [4.69, 9.17) is 0 Å². The molecule has 0 aromatic heterocycles. The van der Waals surface area contributed by atoms with Crippen molar-refractivity contribution >= 4 is 21.8 Å². The van der Waals surface area contributed by atoms with Crippen molar-refractivity contribution in [2.45, 2.75) is 56.5 Å². The highest BCUT2D eigenvalue weighted by atomic mass is 32.2. The number of nitrogens with one attached hydrogen (secondary N) is 2. The number of likely N-dealkylation sites (tertiary alicyclic amines) is 1. The van der Waals surface area contributed by atoms with Gasteiger partial charge in [-0.25, -0.2) is 8.42 Å². The van der Waals surface area contributed by atoms with Gasteiger partial charge in [0.2, 0.25) is 5.91 Å². The van der Waals surface area contributed by atoms with Gasteiger partial charge in [-0.15, -0.1) is 0 Å². The molecule has 0 spiro atoms. The van der Waals surface area contributed by atoms with Gasteiger partial charge in [-0.3, -0.25) is 14.5 Å². The number of amides is 1. The minimum absolute atomic E-state index is 0.197. The number of amidine groups is 1. The first kappa shape index (κ1) is 19.8. The van der Waals surface area contributed by atoms with Crippen LogP contribution >= 0.6 is 0 Å². The van der Waals surface area contributed by atoms with Gasteiger partial charge in [-0.2, -0.15) is 0 Å². The van der Waals surface area contributed by atoms with E-state index in [1.807, 2.05) is 0 Å². The second kappa shape index (κ2) is 8.39. The monoisotopic (exact) mass is 392 g/mol. The first-order valence-corrected chi connectivity index (χ1v) is 11.1. The highest BCUT2D eigenvalue weighted by molar-refractivity contribution is 7.90. The quantitative estimate of drug-likeness (QED) is 0.718. The van der Waals surface area contributed by atoms with Crippen LogP contribution in [0.1, 0.15) is 45.1 Å². The molecule has 2 aliphatic heterocycles. The van der Waals surface area contributed by atoms with Crippen molar-refractivity contribution in [1.29, 1.82) is 0 Å². The highest BCUT2D eigenvalue weighted by Gasteiger charge is 2.31. The number of carbonyl (C=O) groups excluding carboxylic acids is 1. The Bertz CT molecular complexity index is 822. The van der Waals surface area contributed by atoms with Gasteiger partial charge < -0.3 is 10.2 Å². The summed E-state index contributed by atoms with van der Waals surface area (Å²) in [7, 11) is -3.58. The first-order chi connectivity index (χ1) is 12.9. The van der Waals surface area contributed by atoms with Crippen LogP contribution in [0.25, 0.3) is 0 Å². The SMILES string of the molecule is C[C@H](N=C1NS(=O)(=O)c2ccccc21)C(=O)NCCCN1CCCC[C@@H]1C. The fraction of sp³-hybridized carbons (Fsp3) is 0.579. The zero-order chi connectivity index (χ0) is 19.4. The van der Waals surface area contributed by atoms with Crippen LogP contribution < -0.4 is 10.0 Å². The van der Waals surface area contributed by atoms with E-state index in [0.29, 0.717) is 18.2 Å². The first-order valence-electron chi connectivity index (χ1n) is 9.60. The van der Waals surface area contributed by atoms with Gasteiger partial charge >= 0.3 is 0 Å². The number of hydrogen-bond donors (Lipinski definition) is 2. The number of fused-ring (bicyclic) bond motifs is 1. The molecule has 27 heavy (non-hydrogen) atoms. The third-order valence-electron chi connectivity index (χ3n) is 5.23. The molecule has 0 radical (unpaired) electrons. The minimum Gasteiger partial charge on any atom is -0.354 e. The average molecular weight is 393 g/mol. The van der Waals surface area contributed by atoms with Crippen molar-refractivity contribution in [1.82, 2.24) is 14.9 Å². The smallest absolute Gasteiger partial charge is 0.263 e. The van der Waals surface area contributed by atoms with Crippen LogP contribution in [0.4, 0.5) is 0 Å². The van der Waals surface area contributed by atoms with Crippen LogP contribution in [0.3, 0.4) is 0 Å². The summed E-state index contributed by atoms with van der Waals surface area (Å²) < 4.78 is 26.6. The molecule has 1 saturated heterocycles. The van der Waals surface area contributed by atoms with Gasteiger partial charge in [0.1, 0.15) is 11.9 Å². The van der Waals surface area contributed by atoms with Gasteiger partial charge in [-0.1, -0.05) is 18.6 Å². The molecule has 2 atom stereocenters. The third kappa shape index (κ3) is 4.68. The van der Waals surface area contributed by atoms with Crippen LogP contribution in [0.5, 0.6) is 0 Å². The number of sulfonamides is 1. The highest BCUT2D eigenvalue weighted by Crippen LogP contribution is 2.22. The lowest BCUT2D eigenvalue weighted by molar-refractivity contribution is -0.121. The third-order valence-corrected chi connectivity index (χ3v) is 6.62. The molecule has 0 aliphatic carbocycles. The van der Waals surface area contributed by atoms with Crippen LogP contribution in [0, 0.1) is 0 Å². The molecule has 0 unspecified atom stereocenters. The van der Waals surface area contributed by atoms with E-state index < -0.39 is 16.1 Å². The van der Waals surface area contributed by atoms with Crippen LogP contribution in [0.2, 0.25) is 0 Å². The topological polar surface area (TPSA) is 90.9 Å². The summed E-state index contributed by atoms with van der Waals surface area (Å²) in [6.07, 6.45) is 4.70. The van der Waals surface area contributed by atoms with Crippen molar-refractivity contribution in [2.24, 2.45) is 4.99 Å². The van der Waals surface area contributed by atoms with Gasteiger partial charge in [0.25, 0.3) is 10.0 Å². The van der Waals surface area contributed by atoms with Crippen LogP contribution in [0.15, 0.2) is 34.2 Å². The van der Waals surface area contributed by atoms with Gasteiger partial charge in [0.15, 0.2) is 0 Å². The molecule has 1 amide bonds. The minimum atomic E-state index is -3.58. The lowest BCUT2D eigenvalue weighted by atomic mass is 10.0. The largest absolute Gasteiger partial charge is 0.354 e. The summed E-state index contributed by atoms with van der Waals surface area (Å²) in [4.78, 5) is 19.3. The molecular weight excluding hydrogens is 364 g/mol. The predicted octanol–water partition coefficient (Wildman–Crippen LogP) is 1.49. The van der Waals surface area contributed by atoms with Crippen molar-refractivity contribution < 1.29 is 13.2 Å². The Morgan fingerprint density at radius 2 is 2.15 bits per heavy atom. The molecule has 1 aromatic carbocycles. The Hall–Kier alpha value is -1.93. The normalized spacial score (nSPS) is 24.2. The maximum absolute atomic E-state index is 12.3. The standard InChI is InChI=1S/C19H28N4O3S/c1-14-8-5-6-12-23(14)13-7-11-20-19(24)15(2)21-18-16-9-3-4-10-17(16)27(25,26)22-18/h3-4,9-10,14-15H,5-8,11-13H2,1-2H3,(H,20,24)(H,21,22)/t14-,15-/m0/s1. The summed E-state index contributed by atoms with van der Waals surface area (Å²) in [5.41, 5.74) is 0.510. The summed E-state index contributed by atoms with van der Waals surface area (Å²) in [5, 5.41) is 2.91. The van der Waals surface area contributed by atoms with E-state index in [2.05, 4.69) is 26.9 Å². The molecule has 0 bridgehead atoms. The molecule has 1 aromatic rings. The lowest BCUT2D eigenvalue weighted by Gasteiger charge is -2.33. The number of carbonyl (C=O) groups is 1. The molecule has 3 rings (SSSR count). The Labute approximate surface area is 161 Å². The summed E-state index contributed by atoms with van der Waals surface area (Å²) in [5.74, 6) is 0.0353. The van der Waals surface area contributed by atoms with Crippen molar-refractivity contribution in [3.8, 4) is 0 Å². The fourth-order valence-corrected chi connectivity index (χ4v) is 4.85. The second-order valence-electron chi connectivity index (χ2n) is 7.28. The van der Waals surface area contributed by atoms with E-state index >= 15 is 0 Å². The number of benzene rings is 1. The zero-order valence-electron chi connectivity index (χ0n) is 15.9. The average Bonchev–Trinajstić information content (AvgIpc) is 2.90. The van der Waals surface area contributed by atoms with E-state index in [9.17, 15) is 13.2 Å². The maximum atomic E-state index is 12.3. The molecule has 1 fully saturated rings. The molecule has 2 N–H and O–H groups in total. The van der Waals surface area contributed by atoms with Crippen molar-refractivity contribution in [2.75, 3.05) is 19.6 Å². The number of piperidine rings is 1. The lowest BCUT2D eigenvalue weighted by Crippen LogP contribution is -2.40. The zero-order valence-corrected chi connectivity index (χ0v) is 16.8. The van der Waals surface area contributed by atoms with Crippen LogP contribution in [-0.2, 0) is 14.8 Å². The number of nitrogens with zero attached hydrogens (tertiary/aromatic N) is 2. The molecule has 2 aliphatic rings. The van der Waals surface area contributed by atoms with Crippen LogP contribution in [-0.4, -0.2) is 56.8 Å². The molecule has 0 saturated carbocycles. The second-order valence-corrected chi connectivity index (χ2v) is 8.93. The predicted molar refractivity (Wildman–Crippen MR) is 105 cm³/mol. The van der Waals surface area contributed by atoms with E-state index in [1.165, 1.54) is 25.3 Å². The van der Waals surface area contributed by atoms with E-state index in [1.54, 1.807) is 25.1 Å². The summed E-state index contributed by atoms with van der Waals surface area (Å²) in [6.45, 7) is 6.65. The molecular formula is C19H28N4O3S. The number of hydrogen-bond acceptors (Lipinski definition) is 5. The Kier molecular flexibility index (Phi) is 6.16. The summed E-state index contributed by atoms with van der Waals surface area (Å²) in [6, 6.07) is 6.60. The van der Waals surface area contributed by atoms with Gasteiger partial charge in [-0.05, 0) is 51.8 Å². The van der Waals surface area contributed by atoms with Crippen molar-refractivity contribution in [3.63, 3.8) is 0 Å². The maximum Gasteiger partial charge on any atom is 0.263 e. The number of aliphatic imine (C=N–C) groups is 1. The fourth-order valence-electron chi connectivity index (χ4n) is 3.61. The molecule has 8 heteroatoms. The molecule has 7 nitrogen and oxygen atoms in total. The Morgan fingerprint density at radius 1 is 1.37 bits per heavy atom. The van der Waals surface area contributed by atoms with E-state index in [0.717, 1.165) is 19.5 Å². The number of rotatable bonds is 6. The van der Waals surface area contributed by atoms with Crippen molar-refractivity contribution in [3.05, 3.63) is 29.8 Å². The summed E-state index contributed by atoms with van der Waals surface area (Å²) >= 11 is 0. The van der Waals surface area contributed by atoms with E-state index in [-0.39, 0.29) is 16.6 Å². The van der Waals surface area contributed by atoms with Gasteiger partial charge in [0.05, 0.1) is 4.90 Å². The Balaban J connectivity index is 1.52. The Morgan fingerprint density at radius 3 is 2.93 bits per heavy atom. The molecule has 2 heterocycles. The van der Waals surface area contributed by atoms with Gasteiger partial charge in [0, 0.05) is 24.7 Å². The molecule has 148 valence electrons.